The number of hydrogen-bond acceptors (Lipinski definition) is 3. The lowest BCUT2D eigenvalue weighted by atomic mass is 9.82. The minimum Gasteiger partial charge on any atom is -0.480 e. The normalized spacial score (nSPS) is 17.1. The number of aliphatic carboxylic acids is 1. The van der Waals surface area contributed by atoms with Crippen molar-refractivity contribution < 1.29 is 14.7 Å². The second-order valence-electron chi connectivity index (χ2n) is 5.47. The van der Waals surface area contributed by atoms with Crippen molar-refractivity contribution >= 4 is 12.0 Å². The first-order valence-electron chi connectivity index (χ1n) is 7.40. The average Bonchev–Trinajstić information content (AvgIpc) is 2.98. The fourth-order valence-corrected chi connectivity index (χ4v) is 2.70. The molecule has 4 N–H and O–H groups in total. The van der Waals surface area contributed by atoms with Gasteiger partial charge in [-0.15, -0.1) is 0 Å². The van der Waals surface area contributed by atoms with Gasteiger partial charge in [0.25, 0.3) is 0 Å². The Hall–Kier alpha value is -2.05. The van der Waals surface area contributed by atoms with Crippen LogP contribution in [0.2, 0.25) is 0 Å². The Morgan fingerprint density at radius 3 is 2.71 bits per heavy atom. The summed E-state index contributed by atoms with van der Waals surface area (Å²) in [5.74, 6) is -0.0561. The molecule has 0 unspecified atom stereocenters. The zero-order valence-corrected chi connectivity index (χ0v) is 12.0. The van der Waals surface area contributed by atoms with Gasteiger partial charge in [-0.3, -0.25) is 0 Å². The molecule has 0 bridgehead atoms. The van der Waals surface area contributed by atoms with Crippen LogP contribution in [0, 0.1) is 0 Å². The number of amides is 2. The van der Waals surface area contributed by atoms with E-state index < -0.39 is 17.5 Å². The molecule has 1 fully saturated rings. The number of nitrogens with one attached hydrogen (secondary N) is 3. The number of urea groups is 1. The number of rotatable bonds is 6. The summed E-state index contributed by atoms with van der Waals surface area (Å²) in [6.45, 7) is 0.488. The molecule has 1 saturated carbocycles. The van der Waals surface area contributed by atoms with Gasteiger partial charge in [-0.1, -0.05) is 19.3 Å². The van der Waals surface area contributed by atoms with Crippen LogP contribution in [0.5, 0.6) is 0 Å². The van der Waals surface area contributed by atoms with Crippen molar-refractivity contribution in [3.8, 4) is 0 Å². The molecule has 21 heavy (non-hydrogen) atoms. The molecule has 2 rings (SSSR count). The first-order valence-corrected chi connectivity index (χ1v) is 7.40. The Bertz CT molecular complexity index is 467. The van der Waals surface area contributed by atoms with Crippen molar-refractivity contribution in [2.45, 2.75) is 50.5 Å². The second-order valence-corrected chi connectivity index (χ2v) is 5.47. The highest BCUT2D eigenvalue weighted by molar-refractivity contribution is 5.86. The van der Waals surface area contributed by atoms with E-state index in [1.54, 1.807) is 12.4 Å². The number of carbonyl (C=O) groups excluding carboxylic acids is 1. The first-order chi connectivity index (χ1) is 10.1. The van der Waals surface area contributed by atoms with Crippen molar-refractivity contribution in [1.82, 2.24) is 20.6 Å². The van der Waals surface area contributed by atoms with Gasteiger partial charge >= 0.3 is 12.0 Å². The lowest BCUT2D eigenvalue weighted by molar-refractivity contribution is -0.145. The molecule has 0 radical (unpaired) electrons. The summed E-state index contributed by atoms with van der Waals surface area (Å²) in [6, 6.07) is -0.404. The van der Waals surface area contributed by atoms with Gasteiger partial charge in [0.1, 0.15) is 11.4 Å². The zero-order valence-electron chi connectivity index (χ0n) is 12.0. The SMILES string of the molecule is O=C(NCCCc1ncc[nH]1)NC1(C(=O)O)CCCCC1. The van der Waals surface area contributed by atoms with Crippen LogP contribution in [0.3, 0.4) is 0 Å². The highest BCUT2D eigenvalue weighted by Gasteiger charge is 2.40. The lowest BCUT2D eigenvalue weighted by Crippen LogP contribution is -2.58. The summed E-state index contributed by atoms with van der Waals surface area (Å²) in [7, 11) is 0. The van der Waals surface area contributed by atoms with Gasteiger partial charge in [-0.05, 0) is 19.3 Å². The minimum atomic E-state index is -1.09. The number of hydrogen-bond donors (Lipinski definition) is 4. The summed E-state index contributed by atoms with van der Waals surface area (Å²) < 4.78 is 0. The Morgan fingerprint density at radius 1 is 1.33 bits per heavy atom. The van der Waals surface area contributed by atoms with E-state index in [0.29, 0.717) is 19.4 Å². The third-order valence-electron chi connectivity index (χ3n) is 3.90. The van der Waals surface area contributed by atoms with Gasteiger partial charge < -0.3 is 20.7 Å². The topological polar surface area (TPSA) is 107 Å². The summed E-state index contributed by atoms with van der Waals surface area (Å²) in [6.07, 6.45) is 8.66. The van der Waals surface area contributed by atoms with Crippen LogP contribution in [0.4, 0.5) is 4.79 Å². The summed E-state index contributed by atoms with van der Waals surface area (Å²) in [5, 5.41) is 14.7. The zero-order chi connectivity index (χ0) is 15.1. The molecule has 1 heterocycles. The fourth-order valence-electron chi connectivity index (χ4n) is 2.70. The molecule has 1 aliphatic carbocycles. The standard InChI is InChI=1S/C14H22N4O3/c19-12(20)14(6-2-1-3-7-14)18-13(21)17-8-4-5-11-15-9-10-16-11/h9-10H,1-8H2,(H,15,16)(H,19,20)(H2,17,18,21). The molecular formula is C14H22N4O3. The van der Waals surface area contributed by atoms with Crippen LogP contribution < -0.4 is 10.6 Å². The van der Waals surface area contributed by atoms with Gasteiger partial charge in [-0.2, -0.15) is 0 Å². The Kier molecular flexibility index (Phi) is 5.19. The van der Waals surface area contributed by atoms with Gasteiger partial charge in [0.2, 0.25) is 0 Å². The van der Waals surface area contributed by atoms with Crippen LogP contribution in [0.25, 0.3) is 0 Å². The van der Waals surface area contributed by atoms with Gasteiger partial charge in [0, 0.05) is 25.4 Å². The Morgan fingerprint density at radius 2 is 2.10 bits per heavy atom. The maximum absolute atomic E-state index is 11.9. The third-order valence-corrected chi connectivity index (χ3v) is 3.90. The number of H-pyrrole nitrogens is 1. The number of nitrogens with zero attached hydrogens (tertiary/aromatic N) is 1. The lowest BCUT2D eigenvalue weighted by Gasteiger charge is -2.33. The highest BCUT2D eigenvalue weighted by atomic mass is 16.4. The molecule has 2 amide bonds. The average molecular weight is 294 g/mol. The van der Waals surface area contributed by atoms with Gasteiger partial charge in [-0.25, -0.2) is 14.6 Å². The molecule has 0 spiro atoms. The number of aryl methyl sites for hydroxylation is 1. The first kappa shape index (κ1) is 15.3. The number of aromatic amines is 1. The molecular weight excluding hydrogens is 272 g/mol. The van der Waals surface area contributed by atoms with E-state index in [9.17, 15) is 14.7 Å². The van der Waals surface area contributed by atoms with Crippen molar-refractivity contribution in [2.75, 3.05) is 6.54 Å². The predicted molar refractivity (Wildman–Crippen MR) is 76.9 cm³/mol. The molecule has 0 aromatic carbocycles. The quantitative estimate of drug-likeness (QED) is 0.595. The molecule has 7 nitrogen and oxygen atoms in total. The number of imidazole rings is 1. The maximum atomic E-state index is 11.9. The maximum Gasteiger partial charge on any atom is 0.329 e. The molecule has 116 valence electrons. The van der Waals surface area contributed by atoms with Crippen LogP contribution in [0.15, 0.2) is 12.4 Å². The van der Waals surface area contributed by atoms with Crippen LogP contribution in [-0.4, -0.2) is 39.2 Å². The third kappa shape index (κ3) is 4.21. The number of carboxylic acids is 1. The molecule has 1 aromatic heterocycles. The Labute approximate surface area is 123 Å². The summed E-state index contributed by atoms with van der Waals surface area (Å²) >= 11 is 0. The molecule has 1 aliphatic rings. The second kappa shape index (κ2) is 7.10. The minimum absolute atomic E-state index is 0.404. The Balaban J connectivity index is 1.73. The summed E-state index contributed by atoms with van der Waals surface area (Å²) in [4.78, 5) is 30.4. The van der Waals surface area contributed by atoms with E-state index in [1.165, 1.54) is 0 Å². The van der Waals surface area contributed by atoms with E-state index in [-0.39, 0.29) is 0 Å². The van der Waals surface area contributed by atoms with E-state index >= 15 is 0 Å². The van der Waals surface area contributed by atoms with Crippen molar-refractivity contribution in [3.63, 3.8) is 0 Å². The van der Waals surface area contributed by atoms with Crippen molar-refractivity contribution in [2.24, 2.45) is 0 Å². The van der Waals surface area contributed by atoms with E-state index in [4.69, 9.17) is 0 Å². The van der Waals surface area contributed by atoms with E-state index in [1.807, 2.05) is 0 Å². The predicted octanol–water partition coefficient (Wildman–Crippen LogP) is 1.43. The molecule has 1 aromatic rings. The summed E-state index contributed by atoms with van der Waals surface area (Å²) in [5.41, 5.74) is -1.09. The smallest absolute Gasteiger partial charge is 0.329 e. The molecule has 0 aliphatic heterocycles. The monoisotopic (exact) mass is 294 g/mol. The van der Waals surface area contributed by atoms with E-state index in [0.717, 1.165) is 37.9 Å². The van der Waals surface area contributed by atoms with Crippen LogP contribution >= 0.6 is 0 Å². The molecule has 7 heteroatoms. The number of carbonyl (C=O) groups is 2. The highest BCUT2D eigenvalue weighted by Crippen LogP contribution is 2.28. The van der Waals surface area contributed by atoms with Crippen molar-refractivity contribution in [3.05, 3.63) is 18.2 Å². The van der Waals surface area contributed by atoms with Gasteiger partial charge in [0.05, 0.1) is 0 Å². The van der Waals surface area contributed by atoms with E-state index in [2.05, 4.69) is 20.6 Å². The largest absolute Gasteiger partial charge is 0.480 e. The van der Waals surface area contributed by atoms with Crippen LogP contribution in [0.1, 0.15) is 44.3 Å². The number of carboxylic acid groups (broad SMARTS) is 1. The van der Waals surface area contributed by atoms with Crippen LogP contribution in [-0.2, 0) is 11.2 Å². The molecule has 0 saturated heterocycles. The van der Waals surface area contributed by atoms with Gasteiger partial charge in [0.15, 0.2) is 0 Å². The molecule has 0 atom stereocenters. The van der Waals surface area contributed by atoms with Crippen molar-refractivity contribution in [1.29, 1.82) is 0 Å². The fraction of sp³-hybridized carbons (Fsp3) is 0.643. The number of aromatic nitrogens is 2.